The maximum atomic E-state index is 11.2. The lowest BCUT2D eigenvalue weighted by Gasteiger charge is -2.07. The van der Waals surface area contributed by atoms with Gasteiger partial charge in [0.15, 0.2) is 0 Å². The summed E-state index contributed by atoms with van der Waals surface area (Å²) in [5.41, 5.74) is 1.77. The summed E-state index contributed by atoms with van der Waals surface area (Å²) in [6.07, 6.45) is 1.91. The number of aromatic nitrogens is 1. The number of fused-ring (bicyclic) bond motifs is 1. The van der Waals surface area contributed by atoms with E-state index in [2.05, 4.69) is 15.9 Å². The minimum absolute atomic E-state index is 0.111. The molecule has 6 heteroatoms. The minimum Gasteiger partial charge on any atom is -0.343 e. The molecule has 1 heterocycles. The Morgan fingerprint density at radius 3 is 2.76 bits per heavy atom. The molecule has 2 aromatic carbocycles. The first-order valence-corrected chi connectivity index (χ1v) is 7.39. The number of rotatable bonds is 3. The molecular weight excluding hydrogens is 356 g/mol. The zero-order chi connectivity index (χ0) is 15.0. The Kier molecular flexibility index (Phi) is 3.69. The van der Waals surface area contributed by atoms with Crippen LogP contribution in [0, 0.1) is 10.1 Å². The summed E-state index contributed by atoms with van der Waals surface area (Å²) in [7, 11) is 0. The maximum Gasteiger partial charge on any atom is 0.275 e. The van der Waals surface area contributed by atoms with Crippen LogP contribution in [0.2, 0.25) is 5.02 Å². The molecule has 0 amide bonds. The van der Waals surface area contributed by atoms with E-state index in [0.29, 0.717) is 21.6 Å². The average Bonchev–Trinajstić information content (AvgIpc) is 2.82. The van der Waals surface area contributed by atoms with Crippen LogP contribution < -0.4 is 0 Å². The lowest BCUT2D eigenvalue weighted by atomic mass is 10.2. The van der Waals surface area contributed by atoms with Crippen molar-refractivity contribution < 1.29 is 4.92 Å². The molecule has 0 fully saturated rings. The van der Waals surface area contributed by atoms with Crippen LogP contribution in [0.15, 0.2) is 53.1 Å². The van der Waals surface area contributed by atoms with E-state index in [1.165, 1.54) is 6.07 Å². The second kappa shape index (κ2) is 5.50. The number of halogens is 2. The van der Waals surface area contributed by atoms with Gasteiger partial charge in [-0.05, 0) is 36.4 Å². The van der Waals surface area contributed by atoms with Crippen molar-refractivity contribution in [1.82, 2.24) is 4.57 Å². The van der Waals surface area contributed by atoms with Gasteiger partial charge in [-0.15, -0.1) is 0 Å². The first-order valence-electron chi connectivity index (χ1n) is 6.22. The third-order valence-corrected chi connectivity index (χ3v) is 4.05. The third kappa shape index (κ3) is 2.80. The van der Waals surface area contributed by atoms with Gasteiger partial charge in [0.25, 0.3) is 5.69 Å². The van der Waals surface area contributed by atoms with Gasteiger partial charge in [0, 0.05) is 38.2 Å². The summed E-state index contributed by atoms with van der Waals surface area (Å²) in [6, 6.07) is 12.7. The molecule has 0 bridgehead atoms. The quantitative estimate of drug-likeness (QED) is 0.483. The number of hydrogen-bond acceptors (Lipinski definition) is 2. The molecule has 0 aliphatic carbocycles. The first kappa shape index (κ1) is 14.1. The van der Waals surface area contributed by atoms with Gasteiger partial charge < -0.3 is 4.57 Å². The number of nitro groups is 1. The van der Waals surface area contributed by atoms with E-state index in [1.54, 1.807) is 6.07 Å². The monoisotopic (exact) mass is 364 g/mol. The summed E-state index contributed by atoms with van der Waals surface area (Å²) < 4.78 is 2.67. The molecule has 0 unspecified atom stereocenters. The molecule has 0 aliphatic rings. The molecule has 106 valence electrons. The van der Waals surface area contributed by atoms with Crippen LogP contribution >= 0.6 is 27.5 Å². The van der Waals surface area contributed by atoms with E-state index in [4.69, 9.17) is 11.6 Å². The normalized spacial score (nSPS) is 11.0. The van der Waals surface area contributed by atoms with Gasteiger partial charge in [0.1, 0.15) is 0 Å². The third-order valence-electron chi connectivity index (χ3n) is 3.32. The molecule has 0 aliphatic heterocycles. The van der Waals surface area contributed by atoms with Gasteiger partial charge in [0.2, 0.25) is 0 Å². The lowest BCUT2D eigenvalue weighted by Crippen LogP contribution is -2.02. The van der Waals surface area contributed by atoms with Gasteiger partial charge in [-0.1, -0.05) is 27.5 Å². The van der Waals surface area contributed by atoms with Crippen molar-refractivity contribution in [1.29, 1.82) is 0 Å². The van der Waals surface area contributed by atoms with Crippen LogP contribution in [-0.4, -0.2) is 9.49 Å². The van der Waals surface area contributed by atoms with Gasteiger partial charge in [-0.25, -0.2) is 0 Å². The van der Waals surface area contributed by atoms with Crippen molar-refractivity contribution >= 4 is 44.1 Å². The van der Waals surface area contributed by atoms with E-state index >= 15 is 0 Å². The Balaban J connectivity index is 2.05. The topological polar surface area (TPSA) is 48.1 Å². The number of benzene rings is 2. The summed E-state index contributed by atoms with van der Waals surface area (Å²) in [4.78, 5) is 10.8. The van der Waals surface area contributed by atoms with Crippen molar-refractivity contribution in [2.45, 2.75) is 6.54 Å². The van der Waals surface area contributed by atoms with Crippen molar-refractivity contribution in [3.05, 3.63) is 73.8 Å². The van der Waals surface area contributed by atoms with Crippen molar-refractivity contribution in [3.63, 3.8) is 0 Å². The number of nitro benzene ring substituents is 1. The minimum atomic E-state index is -0.358. The van der Waals surface area contributed by atoms with Crippen LogP contribution in [0.3, 0.4) is 0 Å². The fourth-order valence-electron chi connectivity index (χ4n) is 2.33. The highest BCUT2D eigenvalue weighted by molar-refractivity contribution is 9.10. The lowest BCUT2D eigenvalue weighted by molar-refractivity contribution is -0.385. The number of nitrogens with zero attached hydrogens (tertiary/aromatic N) is 2. The molecule has 0 saturated heterocycles. The Labute approximate surface area is 134 Å². The fraction of sp³-hybridized carbons (Fsp3) is 0.0667. The molecule has 0 radical (unpaired) electrons. The van der Waals surface area contributed by atoms with Gasteiger partial charge in [-0.3, -0.25) is 10.1 Å². The van der Waals surface area contributed by atoms with Crippen molar-refractivity contribution in [2.75, 3.05) is 0 Å². The van der Waals surface area contributed by atoms with Crippen molar-refractivity contribution in [2.24, 2.45) is 0 Å². The highest BCUT2D eigenvalue weighted by Crippen LogP contribution is 2.26. The van der Waals surface area contributed by atoms with E-state index in [0.717, 1.165) is 10.9 Å². The molecule has 0 saturated carbocycles. The van der Waals surface area contributed by atoms with Gasteiger partial charge in [-0.2, -0.15) is 0 Å². The second-order valence-corrected chi connectivity index (χ2v) is 6.03. The predicted octanol–water partition coefficient (Wildman–Crippen LogP) is 5.01. The average molecular weight is 366 g/mol. The van der Waals surface area contributed by atoms with E-state index in [-0.39, 0.29) is 10.6 Å². The molecule has 21 heavy (non-hydrogen) atoms. The van der Waals surface area contributed by atoms with E-state index < -0.39 is 0 Å². The largest absolute Gasteiger partial charge is 0.343 e. The summed E-state index contributed by atoms with van der Waals surface area (Å²) in [5, 5.41) is 12.9. The standard InChI is InChI=1S/C15H10BrClN2O2/c16-12-2-1-11(15(8-12)19(20)21)9-18-6-5-10-7-13(17)3-4-14(10)18/h1-8H,9H2. The summed E-state index contributed by atoms with van der Waals surface area (Å²) >= 11 is 9.23. The molecule has 0 spiro atoms. The van der Waals surface area contributed by atoms with Crippen LogP contribution in [0.1, 0.15) is 5.56 Å². The Morgan fingerprint density at radius 2 is 2.00 bits per heavy atom. The van der Waals surface area contributed by atoms with Crippen LogP contribution in [-0.2, 0) is 6.54 Å². The SMILES string of the molecule is O=[N+]([O-])c1cc(Br)ccc1Cn1ccc2cc(Cl)ccc21. The summed E-state index contributed by atoms with van der Waals surface area (Å²) in [5.74, 6) is 0. The van der Waals surface area contributed by atoms with Crippen LogP contribution in [0.4, 0.5) is 5.69 Å². The molecule has 3 aromatic rings. The Morgan fingerprint density at radius 1 is 1.19 bits per heavy atom. The molecule has 0 N–H and O–H groups in total. The zero-order valence-electron chi connectivity index (χ0n) is 10.8. The predicted molar refractivity (Wildman–Crippen MR) is 86.8 cm³/mol. The van der Waals surface area contributed by atoms with Gasteiger partial charge in [0.05, 0.1) is 11.5 Å². The molecular formula is C15H10BrClN2O2. The molecule has 3 rings (SSSR count). The number of hydrogen-bond donors (Lipinski definition) is 0. The Hall–Kier alpha value is -1.85. The smallest absolute Gasteiger partial charge is 0.275 e. The second-order valence-electron chi connectivity index (χ2n) is 4.68. The van der Waals surface area contributed by atoms with Crippen LogP contribution in [0.5, 0.6) is 0 Å². The Bertz CT molecular complexity index is 845. The highest BCUT2D eigenvalue weighted by Gasteiger charge is 2.15. The highest BCUT2D eigenvalue weighted by atomic mass is 79.9. The molecule has 1 aromatic heterocycles. The first-order chi connectivity index (χ1) is 10.0. The zero-order valence-corrected chi connectivity index (χ0v) is 13.1. The molecule has 0 atom stereocenters. The molecule has 4 nitrogen and oxygen atoms in total. The van der Waals surface area contributed by atoms with Crippen molar-refractivity contribution in [3.8, 4) is 0 Å². The van der Waals surface area contributed by atoms with Gasteiger partial charge >= 0.3 is 0 Å². The summed E-state index contributed by atoms with van der Waals surface area (Å²) in [6.45, 7) is 0.439. The van der Waals surface area contributed by atoms with E-state index in [9.17, 15) is 10.1 Å². The maximum absolute atomic E-state index is 11.2. The fourth-order valence-corrected chi connectivity index (χ4v) is 2.86. The van der Waals surface area contributed by atoms with Crippen LogP contribution in [0.25, 0.3) is 10.9 Å². The van der Waals surface area contributed by atoms with E-state index in [1.807, 2.05) is 41.1 Å².